The Bertz CT molecular complexity index is 748. The lowest BCUT2D eigenvalue weighted by Crippen LogP contribution is -2.18. The maximum Gasteiger partial charge on any atom is 0.265 e. The van der Waals surface area contributed by atoms with Gasteiger partial charge < -0.3 is 4.90 Å². The van der Waals surface area contributed by atoms with Crippen LogP contribution in [-0.2, 0) is 16.6 Å². The minimum absolute atomic E-state index is 0.181. The van der Waals surface area contributed by atoms with Crippen molar-refractivity contribution >= 4 is 21.4 Å². The highest BCUT2D eigenvalue weighted by Crippen LogP contribution is 2.24. The number of hydrogen-bond acceptors (Lipinski definition) is 4. The van der Waals surface area contributed by atoms with Gasteiger partial charge in [0.05, 0.1) is 11.9 Å². The van der Waals surface area contributed by atoms with Crippen molar-refractivity contribution in [3.8, 4) is 0 Å². The second-order valence-electron chi connectivity index (χ2n) is 5.38. The maximum atomic E-state index is 12.4. The van der Waals surface area contributed by atoms with Crippen LogP contribution in [-0.4, -0.2) is 31.3 Å². The first-order valence-corrected chi connectivity index (χ1v) is 8.97. The van der Waals surface area contributed by atoms with Gasteiger partial charge in [0, 0.05) is 31.5 Å². The first kappa shape index (κ1) is 14.9. The Hall–Kier alpha value is -2.02. The number of nitrogens with one attached hydrogen (secondary N) is 1. The minimum Gasteiger partial charge on any atom is -0.371 e. The standard InChI is InChI=1S/C15H20N4O2S/c1-2-19-12-15(11-16-19)22(20,21)17-13-6-5-7-14(10-13)18-8-3-4-9-18/h5-7,10-12,17H,2-4,8-9H2,1H3. The maximum absolute atomic E-state index is 12.4. The Labute approximate surface area is 130 Å². The van der Waals surface area contributed by atoms with E-state index >= 15 is 0 Å². The van der Waals surface area contributed by atoms with Crippen molar-refractivity contribution < 1.29 is 8.42 Å². The van der Waals surface area contributed by atoms with Crippen LogP contribution < -0.4 is 9.62 Å². The molecule has 1 aromatic carbocycles. The Morgan fingerprint density at radius 2 is 2.05 bits per heavy atom. The van der Waals surface area contributed by atoms with Crippen LogP contribution in [0.5, 0.6) is 0 Å². The van der Waals surface area contributed by atoms with E-state index in [2.05, 4.69) is 14.7 Å². The van der Waals surface area contributed by atoms with E-state index in [4.69, 9.17) is 0 Å². The molecule has 0 spiro atoms. The summed E-state index contributed by atoms with van der Waals surface area (Å²) in [5.41, 5.74) is 1.63. The van der Waals surface area contributed by atoms with Gasteiger partial charge in [-0.05, 0) is 38.0 Å². The van der Waals surface area contributed by atoms with Crippen LogP contribution in [0.3, 0.4) is 0 Å². The van der Waals surface area contributed by atoms with Gasteiger partial charge >= 0.3 is 0 Å². The zero-order valence-electron chi connectivity index (χ0n) is 12.6. The molecule has 1 aliphatic heterocycles. The van der Waals surface area contributed by atoms with Crippen molar-refractivity contribution in [2.75, 3.05) is 22.7 Å². The Kier molecular flexibility index (Phi) is 4.06. The van der Waals surface area contributed by atoms with Gasteiger partial charge in [0.25, 0.3) is 10.0 Å². The summed E-state index contributed by atoms with van der Waals surface area (Å²) in [6, 6.07) is 7.54. The predicted octanol–water partition coefficient (Wildman–Crippen LogP) is 2.30. The van der Waals surface area contributed by atoms with E-state index < -0.39 is 10.0 Å². The summed E-state index contributed by atoms with van der Waals surface area (Å²) in [6.45, 7) is 4.61. The number of benzene rings is 1. The normalized spacial score (nSPS) is 15.2. The van der Waals surface area contributed by atoms with Crippen LogP contribution in [0.25, 0.3) is 0 Å². The van der Waals surface area contributed by atoms with Crippen LogP contribution in [0, 0.1) is 0 Å². The lowest BCUT2D eigenvalue weighted by Gasteiger charge is -2.18. The molecule has 118 valence electrons. The SMILES string of the molecule is CCn1cc(S(=O)(=O)Nc2cccc(N3CCCC3)c2)cn1. The van der Waals surface area contributed by atoms with Gasteiger partial charge in [-0.3, -0.25) is 9.40 Å². The van der Waals surface area contributed by atoms with Crippen molar-refractivity contribution in [1.29, 1.82) is 0 Å². The van der Waals surface area contributed by atoms with Crippen molar-refractivity contribution in [3.05, 3.63) is 36.7 Å². The van der Waals surface area contributed by atoms with E-state index in [0.29, 0.717) is 12.2 Å². The van der Waals surface area contributed by atoms with E-state index in [9.17, 15) is 8.42 Å². The molecule has 1 aromatic heterocycles. The minimum atomic E-state index is -3.59. The first-order valence-electron chi connectivity index (χ1n) is 7.49. The third-order valence-corrected chi connectivity index (χ3v) is 5.15. The van der Waals surface area contributed by atoms with Gasteiger partial charge in [-0.2, -0.15) is 5.10 Å². The molecule has 1 fully saturated rings. The van der Waals surface area contributed by atoms with Gasteiger partial charge in [0.15, 0.2) is 0 Å². The summed E-state index contributed by atoms with van der Waals surface area (Å²) in [4.78, 5) is 2.45. The molecule has 22 heavy (non-hydrogen) atoms. The van der Waals surface area contributed by atoms with E-state index in [1.165, 1.54) is 25.2 Å². The molecule has 1 saturated heterocycles. The van der Waals surface area contributed by atoms with Crippen LogP contribution in [0.2, 0.25) is 0 Å². The Balaban J connectivity index is 1.81. The highest BCUT2D eigenvalue weighted by atomic mass is 32.2. The van der Waals surface area contributed by atoms with Gasteiger partial charge in [0.2, 0.25) is 0 Å². The van der Waals surface area contributed by atoms with Gasteiger partial charge in [-0.25, -0.2) is 8.42 Å². The lowest BCUT2D eigenvalue weighted by atomic mass is 10.2. The molecular weight excluding hydrogens is 300 g/mol. The van der Waals surface area contributed by atoms with Crippen LogP contribution in [0.4, 0.5) is 11.4 Å². The summed E-state index contributed by atoms with van der Waals surface area (Å²) in [5.74, 6) is 0. The summed E-state index contributed by atoms with van der Waals surface area (Å²) >= 11 is 0. The van der Waals surface area contributed by atoms with Crippen molar-refractivity contribution in [2.45, 2.75) is 31.2 Å². The van der Waals surface area contributed by atoms with Gasteiger partial charge in [0.1, 0.15) is 4.90 Å². The molecule has 0 bridgehead atoms. The molecule has 2 heterocycles. The molecule has 3 rings (SSSR count). The Morgan fingerprint density at radius 1 is 1.27 bits per heavy atom. The highest BCUT2D eigenvalue weighted by molar-refractivity contribution is 7.92. The quantitative estimate of drug-likeness (QED) is 0.918. The van der Waals surface area contributed by atoms with Crippen LogP contribution in [0.1, 0.15) is 19.8 Å². The number of hydrogen-bond donors (Lipinski definition) is 1. The van der Waals surface area contributed by atoms with Crippen LogP contribution >= 0.6 is 0 Å². The third kappa shape index (κ3) is 3.09. The molecule has 0 saturated carbocycles. The molecule has 1 aliphatic rings. The molecule has 7 heteroatoms. The fraction of sp³-hybridized carbons (Fsp3) is 0.400. The predicted molar refractivity (Wildman–Crippen MR) is 86.6 cm³/mol. The molecular formula is C15H20N4O2S. The van der Waals surface area contributed by atoms with Crippen molar-refractivity contribution in [1.82, 2.24) is 9.78 Å². The summed E-state index contributed by atoms with van der Waals surface area (Å²) in [7, 11) is -3.59. The number of anilines is 2. The molecule has 0 amide bonds. The molecule has 0 atom stereocenters. The Morgan fingerprint density at radius 3 is 2.73 bits per heavy atom. The number of aromatic nitrogens is 2. The highest BCUT2D eigenvalue weighted by Gasteiger charge is 2.18. The molecule has 6 nitrogen and oxygen atoms in total. The molecule has 1 N–H and O–H groups in total. The zero-order chi connectivity index (χ0) is 15.6. The number of aryl methyl sites for hydroxylation is 1. The summed E-state index contributed by atoms with van der Waals surface area (Å²) in [5, 5.41) is 4.01. The van der Waals surface area contributed by atoms with Gasteiger partial charge in [-0.15, -0.1) is 0 Å². The van der Waals surface area contributed by atoms with E-state index in [-0.39, 0.29) is 4.90 Å². The topological polar surface area (TPSA) is 67.2 Å². The fourth-order valence-corrected chi connectivity index (χ4v) is 3.61. The van der Waals surface area contributed by atoms with Gasteiger partial charge in [-0.1, -0.05) is 6.07 Å². The molecule has 0 aliphatic carbocycles. The average molecular weight is 320 g/mol. The molecule has 0 unspecified atom stereocenters. The summed E-state index contributed by atoms with van der Waals surface area (Å²) < 4.78 is 29.0. The van der Waals surface area contributed by atoms with Crippen molar-refractivity contribution in [2.24, 2.45) is 0 Å². The second kappa shape index (κ2) is 6.00. The second-order valence-corrected chi connectivity index (χ2v) is 7.06. The van der Waals surface area contributed by atoms with Crippen molar-refractivity contribution in [3.63, 3.8) is 0 Å². The smallest absolute Gasteiger partial charge is 0.265 e. The third-order valence-electron chi connectivity index (χ3n) is 3.81. The van der Waals surface area contributed by atoms with Crippen LogP contribution in [0.15, 0.2) is 41.6 Å². The fourth-order valence-electron chi connectivity index (χ4n) is 2.61. The zero-order valence-corrected chi connectivity index (χ0v) is 13.4. The number of rotatable bonds is 5. The first-order chi connectivity index (χ1) is 10.6. The van der Waals surface area contributed by atoms with E-state index in [1.807, 2.05) is 25.1 Å². The molecule has 0 radical (unpaired) electrons. The van der Waals surface area contributed by atoms with E-state index in [1.54, 1.807) is 10.7 Å². The summed E-state index contributed by atoms with van der Waals surface area (Å²) in [6.07, 6.45) is 5.28. The monoisotopic (exact) mass is 320 g/mol. The average Bonchev–Trinajstić information content (AvgIpc) is 3.19. The number of sulfonamides is 1. The number of nitrogens with zero attached hydrogens (tertiary/aromatic N) is 3. The lowest BCUT2D eigenvalue weighted by molar-refractivity contribution is 0.600. The molecule has 2 aromatic rings. The van der Waals surface area contributed by atoms with E-state index in [0.717, 1.165) is 18.8 Å². The largest absolute Gasteiger partial charge is 0.371 e.